The van der Waals surface area contributed by atoms with Gasteiger partial charge in [-0.25, -0.2) is 15.0 Å². The van der Waals surface area contributed by atoms with Crippen molar-refractivity contribution in [2.75, 3.05) is 5.73 Å². The van der Waals surface area contributed by atoms with Crippen molar-refractivity contribution in [3.63, 3.8) is 0 Å². The molecule has 0 radical (unpaired) electrons. The Bertz CT molecular complexity index is 642. The third kappa shape index (κ3) is 1.07. The number of hydrogen-bond donors (Lipinski definition) is 3. The summed E-state index contributed by atoms with van der Waals surface area (Å²) in [6.45, 7) is 0. The van der Waals surface area contributed by atoms with Crippen LogP contribution in [0, 0.1) is 0 Å². The number of imidazole rings is 1. The topological polar surface area (TPSA) is 119 Å². The van der Waals surface area contributed by atoms with Gasteiger partial charge in [0.15, 0.2) is 17.0 Å². The van der Waals surface area contributed by atoms with Crippen molar-refractivity contribution in [3.05, 3.63) is 12.2 Å². The van der Waals surface area contributed by atoms with E-state index in [-0.39, 0.29) is 12.0 Å². The lowest BCUT2D eigenvalue weighted by Crippen LogP contribution is -2.33. The highest BCUT2D eigenvalue weighted by molar-refractivity contribution is 5.82. The second-order valence-electron chi connectivity index (χ2n) is 4.57. The van der Waals surface area contributed by atoms with Crippen LogP contribution in [0.15, 0.2) is 6.33 Å². The molecule has 0 saturated carbocycles. The molecule has 0 aromatic carbocycles. The van der Waals surface area contributed by atoms with Gasteiger partial charge in [0.1, 0.15) is 30.6 Å². The van der Waals surface area contributed by atoms with E-state index in [0.717, 1.165) is 0 Å². The maximum Gasteiger partial charge on any atom is 0.167 e. The summed E-state index contributed by atoms with van der Waals surface area (Å²) in [5.74, 6) is 0.695. The van der Waals surface area contributed by atoms with Gasteiger partial charge in [-0.3, -0.25) is 4.57 Å². The zero-order valence-electron chi connectivity index (χ0n) is 9.26. The SMILES string of the molecule is Nc1ncnc2c1nc1n2[C@H]2C[C@H](O)[C@H](O2)C1O. The highest BCUT2D eigenvalue weighted by atomic mass is 16.5. The second kappa shape index (κ2) is 3.16. The summed E-state index contributed by atoms with van der Waals surface area (Å²) in [7, 11) is 0. The molecule has 4 atom stereocenters. The van der Waals surface area contributed by atoms with Gasteiger partial charge in [-0.2, -0.15) is 0 Å². The molecule has 0 spiro atoms. The number of fused-ring (bicyclic) bond motifs is 6. The fourth-order valence-electron chi connectivity index (χ4n) is 2.70. The van der Waals surface area contributed by atoms with Crippen molar-refractivity contribution in [1.29, 1.82) is 0 Å². The summed E-state index contributed by atoms with van der Waals surface area (Å²) in [4.78, 5) is 12.3. The lowest BCUT2D eigenvalue weighted by molar-refractivity contribution is -0.110. The maximum absolute atomic E-state index is 10.2. The largest absolute Gasteiger partial charge is 0.390 e. The Morgan fingerprint density at radius 3 is 3.06 bits per heavy atom. The first-order chi connectivity index (χ1) is 8.66. The minimum Gasteiger partial charge on any atom is -0.390 e. The molecule has 2 aromatic rings. The van der Waals surface area contributed by atoms with Gasteiger partial charge in [-0.1, -0.05) is 0 Å². The molecule has 2 bridgehead atoms. The minimum atomic E-state index is -0.979. The molecule has 18 heavy (non-hydrogen) atoms. The Kier molecular flexibility index (Phi) is 1.79. The van der Waals surface area contributed by atoms with E-state index in [1.54, 1.807) is 4.57 Å². The van der Waals surface area contributed by atoms with Crippen LogP contribution in [0.25, 0.3) is 11.2 Å². The smallest absolute Gasteiger partial charge is 0.167 e. The molecular formula is C10H11N5O3. The number of aromatic nitrogens is 4. The summed E-state index contributed by atoms with van der Waals surface area (Å²) >= 11 is 0. The van der Waals surface area contributed by atoms with Crippen LogP contribution in [0.1, 0.15) is 24.6 Å². The molecule has 1 fully saturated rings. The Morgan fingerprint density at radius 1 is 1.39 bits per heavy atom. The van der Waals surface area contributed by atoms with Gasteiger partial charge in [0.2, 0.25) is 0 Å². The summed E-state index contributed by atoms with van der Waals surface area (Å²) in [5.41, 5.74) is 6.72. The predicted molar refractivity (Wildman–Crippen MR) is 59.2 cm³/mol. The summed E-state index contributed by atoms with van der Waals surface area (Å²) < 4.78 is 7.26. The van der Waals surface area contributed by atoms with E-state index < -0.39 is 18.3 Å². The fourth-order valence-corrected chi connectivity index (χ4v) is 2.70. The lowest BCUT2D eigenvalue weighted by atomic mass is 10.1. The summed E-state index contributed by atoms with van der Waals surface area (Å²) in [5, 5.41) is 20.0. The first-order valence-corrected chi connectivity index (χ1v) is 5.66. The average molecular weight is 249 g/mol. The van der Waals surface area contributed by atoms with Gasteiger partial charge in [0.25, 0.3) is 0 Å². The zero-order valence-corrected chi connectivity index (χ0v) is 9.26. The molecule has 2 aliphatic heterocycles. The normalized spacial score (nSPS) is 33.9. The molecule has 0 amide bonds. The van der Waals surface area contributed by atoms with E-state index in [4.69, 9.17) is 10.5 Å². The molecule has 1 saturated heterocycles. The molecule has 4 N–H and O–H groups in total. The van der Waals surface area contributed by atoms with Crippen LogP contribution >= 0.6 is 0 Å². The van der Waals surface area contributed by atoms with Crippen LogP contribution < -0.4 is 5.73 Å². The van der Waals surface area contributed by atoms with E-state index >= 15 is 0 Å². The second-order valence-corrected chi connectivity index (χ2v) is 4.57. The molecule has 1 unspecified atom stereocenters. The van der Waals surface area contributed by atoms with Gasteiger partial charge in [0.05, 0.1) is 6.10 Å². The van der Waals surface area contributed by atoms with Gasteiger partial charge >= 0.3 is 0 Å². The molecule has 4 rings (SSSR count). The molecule has 2 aromatic heterocycles. The molecule has 8 nitrogen and oxygen atoms in total. The number of nitrogen functional groups attached to an aromatic ring is 1. The van der Waals surface area contributed by atoms with Crippen LogP contribution in [0.5, 0.6) is 0 Å². The van der Waals surface area contributed by atoms with Crippen LogP contribution in [-0.4, -0.2) is 41.9 Å². The highest BCUT2D eigenvalue weighted by Crippen LogP contribution is 2.43. The number of aliphatic hydroxyl groups is 2. The number of aliphatic hydroxyl groups excluding tert-OH is 2. The van der Waals surface area contributed by atoms with Crippen molar-refractivity contribution in [1.82, 2.24) is 19.5 Å². The number of anilines is 1. The van der Waals surface area contributed by atoms with Gasteiger partial charge in [0, 0.05) is 6.42 Å². The summed E-state index contributed by atoms with van der Waals surface area (Å²) in [6, 6.07) is 0. The van der Waals surface area contributed by atoms with Crippen LogP contribution in [0.4, 0.5) is 5.82 Å². The van der Waals surface area contributed by atoms with Crippen molar-refractivity contribution in [3.8, 4) is 0 Å². The number of hydrogen-bond acceptors (Lipinski definition) is 7. The zero-order chi connectivity index (χ0) is 12.4. The van der Waals surface area contributed by atoms with E-state index in [1.807, 2.05) is 0 Å². The van der Waals surface area contributed by atoms with Crippen LogP contribution in [0.3, 0.4) is 0 Å². The Labute approximate surface area is 101 Å². The van der Waals surface area contributed by atoms with Crippen LogP contribution in [-0.2, 0) is 4.74 Å². The monoisotopic (exact) mass is 249 g/mol. The standard InChI is InChI=1S/C10H11N5O3/c11-8-5-9(13-2-12-8)15-4-1-3(16)7(18-4)6(17)10(15)14-5/h2-4,6-7,16-17H,1H2,(H2,11,12,13)/t3-,4+,6?,7-/m0/s1. The van der Waals surface area contributed by atoms with Gasteiger partial charge in [-0.15, -0.1) is 0 Å². The lowest BCUT2D eigenvalue weighted by Gasteiger charge is -2.27. The number of rotatable bonds is 0. The van der Waals surface area contributed by atoms with Crippen molar-refractivity contribution in [2.45, 2.75) is 31.0 Å². The predicted octanol–water partition coefficient (Wildman–Crippen LogP) is -0.896. The molecule has 8 heteroatoms. The number of nitrogens with zero attached hydrogens (tertiary/aromatic N) is 4. The van der Waals surface area contributed by atoms with Crippen molar-refractivity contribution >= 4 is 17.0 Å². The maximum atomic E-state index is 10.2. The first kappa shape index (κ1) is 10.2. The Hall–Kier alpha value is -1.77. The van der Waals surface area contributed by atoms with Gasteiger partial charge in [-0.05, 0) is 0 Å². The first-order valence-electron chi connectivity index (χ1n) is 5.66. The molecule has 2 aliphatic rings. The Balaban J connectivity index is 2.03. The number of ether oxygens (including phenoxy) is 1. The van der Waals surface area contributed by atoms with Gasteiger partial charge < -0.3 is 20.7 Å². The highest BCUT2D eigenvalue weighted by Gasteiger charge is 2.47. The number of nitrogens with two attached hydrogens (primary N) is 1. The molecule has 4 heterocycles. The third-order valence-corrected chi connectivity index (χ3v) is 3.53. The van der Waals surface area contributed by atoms with E-state index in [1.165, 1.54) is 6.33 Å². The van der Waals surface area contributed by atoms with Crippen molar-refractivity contribution < 1.29 is 14.9 Å². The fraction of sp³-hybridized carbons (Fsp3) is 0.500. The quantitative estimate of drug-likeness (QED) is 0.553. The Morgan fingerprint density at radius 2 is 2.22 bits per heavy atom. The average Bonchev–Trinajstić information content (AvgIpc) is 2.88. The summed E-state index contributed by atoms with van der Waals surface area (Å²) in [6.07, 6.45) is -0.912. The third-order valence-electron chi connectivity index (χ3n) is 3.53. The minimum absolute atomic E-state index is 0.269. The van der Waals surface area contributed by atoms with E-state index in [2.05, 4.69) is 15.0 Å². The molecular weight excluding hydrogens is 238 g/mol. The molecule has 0 aliphatic carbocycles. The van der Waals surface area contributed by atoms with E-state index in [9.17, 15) is 10.2 Å². The van der Waals surface area contributed by atoms with Crippen LogP contribution in [0.2, 0.25) is 0 Å². The van der Waals surface area contributed by atoms with Crippen molar-refractivity contribution in [2.24, 2.45) is 0 Å². The van der Waals surface area contributed by atoms with E-state index in [0.29, 0.717) is 23.4 Å². The molecule has 94 valence electrons.